The molecule has 6 nitrogen and oxygen atoms in total. The van der Waals surface area contributed by atoms with Crippen LogP contribution >= 0.6 is 35.3 Å². The summed E-state index contributed by atoms with van der Waals surface area (Å²) in [5, 5.41) is 7.39. The lowest BCUT2D eigenvalue weighted by Gasteiger charge is -2.10. The highest BCUT2D eigenvalue weighted by molar-refractivity contribution is 14.0. The smallest absolute Gasteiger partial charge is 0.434 e. The molecule has 0 bridgehead atoms. The molecule has 11 heteroatoms. The van der Waals surface area contributed by atoms with Gasteiger partial charge in [0, 0.05) is 25.4 Å². The number of esters is 1. The molecule has 156 valence electrons. The molecule has 0 aliphatic heterocycles. The van der Waals surface area contributed by atoms with Crippen LogP contribution < -0.4 is 10.6 Å². The summed E-state index contributed by atoms with van der Waals surface area (Å²) in [5.41, 5.74) is -0.870. The largest absolute Gasteiger partial charge is 0.466 e. The Bertz CT molecular complexity index is 582. The van der Waals surface area contributed by atoms with E-state index in [0.717, 1.165) is 42.4 Å². The topological polar surface area (TPSA) is 75.6 Å². The maximum Gasteiger partial charge on any atom is 0.434 e. The Morgan fingerprint density at radius 1 is 1.26 bits per heavy atom. The highest BCUT2D eigenvalue weighted by Crippen LogP contribution is 2.29. The Labute approximate surface area is 178 Å². The number of carbonyl (C=O) groups excluding carboxylic acids is 1. The summed E-state index contributed by atoms with van der Waals surface area (Å²) in [6.07, 6.45) is -0.368. The van der Waals surface area contributed by atoms with Crippen LogP contribution in [0.4, 0.5) is 13.2 Å². The summed E-state index contributed by atoms with van der Waals surface area (Å²) in [6, 6.07) is 0. The maximum atomic E-state index is 12.5. The van der Waals surface area contributed by atoms with Crippen LogP contribution in [0, 0.1) is 0 Å². The second-order valence-corrected chi connectivity index (χ2v) is 6.39. The van der Waals surface area contributed by atoms with E-state index in [4.69, 9.17) is 4.74 Å². The van der Waals surface area contributed by atoms with Gasteiger partial charge in [-0.2, -0.15) is 13.2 Å². The van der Waals surface area contributed by atoms with E-state index >= 15 is 0 Å². The minimum atomic E-state index is -4.41. The van der Waals surface area contributed by atoms with Gasteiger partial charge in [-0.05, 0) is 19.8 Å². The molecule has 0 fully saturated rings. The molecular weight excluding hydrogens is 496 g/mol. The third kappa shape index (κ3) is 11.4. The summed E-state index contributed by atoms with van der Waals surface area (Å²) < 4.78 is 42.4. The van der Waals surface area contributed by atoms with E-state index in [9.17, 15) is 18.0 Å². The standard InChI is InChI=1S/C16H25F3N4O2S.HI/c1-3-25-14(24)8-6-4-5-7-9-21-15(20-2)22-10-13-23-12(11-26-13)16(17,18)19;/h11H,3-10H2,1-2H3,(H2,20,21,22);1H. The van der Waals surface area contributed by atoms with Crippen LogP contribution in [0.3, 0.4) is 0 Å². The minimum absolute atomic E-state index is 0. The van der Waals surface area contributed by atoms with Crippen molar-refractivity contribution in [3.63, 3.8) is 0 Å². The van der Waals surface area contributed by atoms with Gasteiger partial charge in [-0.25, -0.2) is 4.98 Å². The first-order valence-electron chi connectivity index (χ1n) is 8.48. The summed E-state index contributed by atoms with van der Waals surface area (Å²) in [5.74, 6) is 0.353. The number of nitrogens with one attached hydrogen (secondary N) is 2. The number of hydrogen-bond acceptors (Lipinski definition) is 5. The van der Waals surface area contributed by atoms with E-state index in [1.807, 2.05) is 0 Å². The van der Waals surface area contributed by atoms with Crippen molar-refractivity contribution >= 4 is 47.2 Å². The van der Waals surface area contributed by atoms with Gasteiger partial charge < -0.3 is 15.4 Å². The van der Waals surface area contributed by atoms with Gasteiger partial charge in [0.2, 0.25) is 0 Å². The fourth-order valence-electron chi connectivity index (χ4n) is 2.09. The zero-order chi connectivity index (χ0) is 19.4. The SMILES string of the molecule is CCOC(=O)CCCCCCNC(=NC)NCc1nc(C(F)(F)F)cs1.I. The molecule has 0 saturated carbocycles. The van der Waals surface area contributed by atoms with Crippen LogP contribution in [0.1, 0.15) is 49.7 Å². The van der Waals surface area contributed by atoms with E-state index in [-0.39, 0.29) is 36.5 Å². The maximum absolute atomic E-state index is 12.5. The van der Waals surface area contributed by atoms with E-state index in [0.29, 0.717) is 30.5 Å². The van der Waals surface area contributed by atoms with Crippen LogP contribution in [0.15, 0.2) is 10.4 Å². The van der Waals surface area contributed by atoms with E-state index < -0.39 is 11.9 Å². The first kappa shape index (κ1) is 25.9. The summed E-state index contributed by atoms with van der Waals surface area (Å²) in [4.78, 5) is 18.8. The summed E-state index contributed by atoms with van der Waals surface area (Å²) >= 11 is 0.958. The number of nitrogens with zero attached hydrogens (tertiary/aromatic N) is 2. The number of halogens is 4. The van der Waals surface area contributed by atoms with Gasteiger partial charge in [-0.1, -0.05) is 12.8 Å². The van der Waals surface area contributed by atoms with Crippen molar-refractivity contribution in [2.75, 3.05) is 20.2 Å². The average Bonchev–Trinajstić information content (AvgIpc) is 3.06. The summed E-state index contributed by atoms with van der Waals surface area (Å²) in [7, 11) is 1.59. The molecule has 27 heavy (non-hydrogen) atoms. The number of alkyl halides is 3. The van der Waals surface area contributed by atoms with Crippen molar-refractivity contribution in [2.45, 2.75) is 51.7 Å². The Balaban J connectivity index is 0.00000676. The van der Waals surface area contributed by atoms with Crippen molar-refractivity contribution in [3.8, 4) is 0 Å². The van der Waals surface area contributed by atoms with Gasteiger partial charge in [0.15, 0.2) is 11.7 Å². The lowest BCUT2D eigenvalue weighted by molar-refractivity contribution is -0.143. The lowest BCUT2D eigenvalue weighted by atomic mass is 10.1. The monoisotopic (exact) mass is 522 g/mol. The zero-order valence-electron chi connectivity index (χ0n) is 15.4. The molecule has 0 atom stereocenters. The number of unbranched alkanes of at least 4 members (excludes halogenated alkanes) is 3. The predicted octanol–water partition coefficient (Wildman–Crippen LogP) is 3.96. The van der Waals surface area contributed by atoms with Crippen molar-refractivity contribution < 1.29 is 22.7 Å². The molecule has 0 aromatic carbocycles. The van der Waals surface area contributed by atoms with Crippen LogP contribution in [0.25, 0.3) is 0 Å². The van der Waals surface area contributed by atoms with Gasteiger partial charge >= 0.3 is 12.1 Å². The number of aliphatic imine (C=N–C) groups is 1. The van der Waals surface area contributed by atoms with E-state index in [1.54, 1.807) is 14.0 Å². The quantitative estimate of drug-likeness (QED) is 0.160. The Hall–Kier alpha value is -1.11. The van der Waals surface area contributed by atoms with Crippen molar-refractivity contribution in [2.24, 2.45) is 4.99 Å². The predicted molar refractivity (Wildman–Crippen MR) is 110 cm³/mol. The number of hydrogen-bond donors (Lipinski definition) is 2. The second-order valence-electron chi connectivity index (χ2n) is 5.45. The molecule has 0 spiro atoms. The van der Waals surface area contributed by atoms with E-state index in [2.05, 4.69) is 20.6 Å². The molecular formula is C16H26F3IN4O2S. The first-order valence-corrected chi connectivity index (χ1v) is 9.36. The van der Waals surface area contributed by atoms with Gasteiger partial charge in [-0.15, -0.1) is 35.3 Å². The van der Waals surface area contributed by atoms with Crippen molar-refractivity contribution in [1.29, 1.82) is 0 Å². The molecule has 0 amide bonds. The number of guanidine groups is 1. The average molecular weight is 522 g/mol. The fourth-order valence-corrected chi connectivity index (χ4v) is 2.83. The van der Waals surface area contributed by atoms with Crippen LogP contribution in [0.5, 0.6) is 0 Å². The van der Waals surface area contributed by atoms with Gasteiger partial charge in [0.05, 0.1) is 13.2 Å². The zero-order valence-corrected chi connectivity index (χ0v) is 18.5. The number of rotatable bonds is 10. The highest BCUT2D eigenvalue weighted by Gasteiger charge is 2.33. The van der Waals surface area contributed by atoms with Crippen LogP contribution in [-0.4, -0.2) is 37.1 Å². The normalized spacial score (nSPS) is 11.7. The van der Waals surface area contributed by atoms with Gasteiger partial charge in [0.1, 0.15) is 5.01 Å². The molecule has 0 radical (unpaired) electrons. The molecule has 1 heterocycles. The molecule has 0 aliphatic rings. The number of ether oxygens (including phenoxy) is 1. The molecule has 0 unspecified atom stereocenters. The molecule has 2 N–H and O–H groups in total. The van der Waals surface area contributed by atoms with Crippen LogP contribution in [0.2, 0.25) is 0 Å². The minimum Gasteiger partial charge on any atom is -0.466 e. The molecule has 1 rings (SSSR count). The number of carbonyl (C=O) groups is 1. The van der Waals surface area contributed by atoms with Gasteiger partial charge in [0.25, 0.3) is 0 Å². The first-order chi connectivity index (χ1) is 12.4. The Morgan fingerprint density at radius 3 is 2.56 bits per heavy atom. The van der Waals surface area contributed by atoms with Crippen LogP contribution in [-0.2, 0) is 22.3 Å². The molecule has 0 saturated heterocycles. The molecule has 0 aliphatic carbocycles. The lowest BCUT2D eigenvalue weighted by Crippen LogP contribution is -2.37. The van der Waals surface area contributed by atoms with Gasteiger partial charge in [-0.3, -0.25) is 9.79 Å². The second kappa shape index (κ2) is 14.0. The number of aromatic nitrogens is 1. The third-order valence-corrected chi connectivity index (χ3v) is 4.23. The molecule has 1 aromatic rings. The summed E-state index contributed by atoms with van der Waals surface area (Å²) in [6.45, 7) is 3.06. The number of thiazole rings is 1. The molecule has 1 aromatic heterocycles. The highest BCUT2D eigenvalue weighted by atomic mass is 127. The fraction of sp³-hybridized carbons (Fsp3) is 0.688. The third-order valence-electron chi connectivity index (χ3n) is 3.38. The Morgan fingerprint density at radius 2 is 1.96 bits per heavy atom. The van der Waals surface area contributed by atoms with Crippen molar-refractivity contribution in [1.82, 2.24) is 15.6 Å². The van der Waals surface area contributed by atoms with E-state index in [1.165, 1.54) is 0 Å². The van der Waals surface area contributed by atoms with Crippen molar-refractivity contribution in [3.05, 3.63) is 16.1 Å². The Kier molecular flexibility index (Phi) is 13.4.